The Morgan fingerprint density at radius 3 is 2.55 bits per heavy atom. The van der Waals surface area contributed by atoms with Gasteiger partial charge in [-0.05, 0) is 25.8 Å². The van der Waals surface area contributed by atoms with Crippen LogP contribution < -0.4 is 0 Å². The van der Waals surface area contributed by atoms with E-state index >= 15 is 0 Å². The molecule has 1 fully saturated rings. The number of nitrogens with zero attached hydrogens (tertiary/aromatic N) is 4. The second kappa shape index (κ2) is 6.39. The number of hydrogen-bond acceptors (Lipinski definition) is 3. The smallest absolute Gasteiger partial charge is 0.236 e. The molecule has 1 aliphatic heterocycles. The minimum Gasteiger partial charge on any atom is -0.340 e. The normalized spacial score (nSPS) is 17.5. The lowest BCUT2D eigenvalue weighted by Gasteiger charge is -2.34. The monoisotopic (exact) mass is 278 g/mol. The maximum absolute atomic E-state index is 12.1. The fraction of sp³-hybridized carbons (Fsp3) is 0.733. The van der Waals surface area contributed by atoms with E-state index in [4.69, 9.17) is 0 Å². The van der Waals surface area contributed by atoms with Crippen LogP contribution in [0.5, 0.6) is 0 Å². The average molecular weight is 278 g/mol. The molecule has 0 atom stereocenters. The molecular weight excluding hydrogens is 252 g/mol. The molecule has 20 heavy (non-hydrogen) atoms. The highest BCUT2D eigenvalue weighted by atomic mass is 16.2. The summed E-state index contributed by atoms with van der Waals surface area (Å²) in [5.74, 6) is 0.778. The van der Waals surface area contributed by atoms with Gasteiger partial charge in [0.25, 0.3) is 0 Å². The number of rotatable bonds is 5. The molecule has 5 heteroatoms. The molecule has 0 unspecified atom stereocenters. The first-order chi connectivity index (χ1) is 9.45. The van der Waals surface area contributed by atoms with Crippen molar-refractivity contribution in [3.8, 4) is 0 Å². The first kappa shape index (κ1) is 15.0. The van der Waals surface area contributed by atoms with Crippen molar-refractivity contribution >= 4 is 5.91 Å². The summed E-state index contributed by atoms with van der Waals surface area (Å²) in [6.45, 7) is 12.5. The summed E-state index contributed by atoms with van der Waals surface area (Å²) in [7, 11) is 0. The molecule has 1 aromatic rings. The van der Waals surface area contributed by atoms with Crippen LogP contribution in [0.25, 0.3) is 0 Å². The van der Waals surface area contributed by atoms with Crippen LogP contribution in [0.1, 0.15) is 39.4 Å². The van der Waals surface area contributed by atoms with Crippen molar-refractivity contribution in [2.45, 2.75) is 40.3 Å². The second-order valence-corrected chi connectivity index (χ2v) is 6.33. The van der Waals surface area contributed by atoms with Gasteiger partial charge in [-0.15, -0.1) is 0 Å². The molecule has 1 amide bonds. The quantitative estimate of drug-likeness (QED) is 0.824. The van der Waals surface area contributed by atoms with Crippen molar-refractivity contribution < 1.29 is 4.79 Å². The molecule has 0 aliphatic carbocycles. The Labute approximate surface area is 121 Å². The van der Waals surface area contributed by atoms with Crippen molar-refractivity contribution in [3.63, 3.8) is 0 Å². The van der Waals surface area contributed by atoms with Crippen LogP contribution in [0.15, 0.2) is 12.3 Å². The number of aromatic nitrogens is 2. The third-order valence-electron chi connectivity index (χ3n) is 3.56. The summed E-state index contributed by atoms with van der Waals surface area (Å²) in [6.07, 6.45) is 2.01. The van der Waals surface area contributed by atoms with Crippen LogP contribution in [0.3, 0.4) is 0 Å². The highest BCUT2D eigenvalue weighted by Gasteiger charge is 2.24. The van der Waals surface area contributed by atoms with E-state index in [9.17, 15) is 4.79 Å². The van der Waals surface area contributed by atoms with Crippen LogP contribution in [0.2, 0.25) is 0 Å². The van der Waals surface area contributed by atoms with Gasteiger partial charge in [-0.2, -0.15) is 5.10 Å². The summed E-state index contributed by atoms with van der Waals surface area (Å²) < 4.78 is 1.96. The Bertz CT molecular complexity index is 452. The van der Waals surface area contributed by atoms with Gasteiger partial charge in [-0.25, -0.2) is 0 Å². The number of carbonyl (C=O) groups excluding carboxylic acids is 1. The second-order valence-electron chi connectivity index (χ2n) is 6.33. The van der Waals surface area contributed by atoms with Crippen molar-refractivity contribution in [3.05, 3.63) is 18.0 Å². The van der Waals surface area contributed by atoms with Gasteiger partial charge in [-0.1, -0.05) is 13.8 Å². The highest BCUT2D eigenvalue weighted by molar-refractivity contribution is 5.79. The largest absolute Gasteiger partial charge is 0.340 e. The molecule has 2 heterocycles. The molecule has 1 saturated heterocycles. The highest BCUT2D eigenvalue weighted by Crippen LogP contribution is 2.11. The van der Waals surface area contributed by atoms with Gasteiger partial charge in [0.15, 0.2) is 0 Å². The number of amides is 1. The van der Waals surface area contributed by atoms with Crippen molar-refractivity contribution in [1.82, 2.24) is 19.6 Å². The fourth-order valence-electron chi connectivity index (χ4n) is 2.50. The van der Waals surface area contributed by atoms with Gasteiger partial charge in [0.2, 0.25) is 5.91 Å². The Kier molecular flexibility index (Phi) is 4.81. The Morgan fingerprint density at radius 2 is 2.00 bits per heavy atom. The molecule has 0 saturated carbocycles. The SMILES string of the molecule is CC(C)CN1CCN(Cc2ccn(C(C)C)n2)CC1=O. The minimum absolute atomic E-state index is 0.244. The predicted octanol–water partition coefficient (Wildman–Crippen LogP) is 1.76. The Hall–Kier alpha value is -1.36. The van der Waals surface area contributed by atoms with Gasteiger partial charge in [0.1, 0.15) is 0 Å². The van der Waals surface area contributed by atoms with Gasteiger partial charge in [0, 0.05) is 38.4 Å². The van der Waals surface area contributed by atoms with E-state index in [0.717, 1.165) is 31.9 Å². The molecular formula is C15H26N4O. The van der Waals surface area contributed by atoms with Crippen molar-refractivity contribution in [2.75, 3.05) is 26.2 Å². The summed E-state index contributed by atoms with van der Waals surface area (Å²) in [6, 6.07) is 2.43. The Balaban J connectivity index is 1.88. The lowest BCUT2D eigenvalue weighted by Crippen LogP contribution is -2.50. The molecule has 0 N–H and O–H groups in total. The third-order valence-corrected chi connectivity index (χ3v) is 3.56. The average Bonchev–Trinajstić information content (AvgIpc) is 2.81. The van der Waals surface area contributed by atoms with Crippen LogP contribution in [-0.4, -0.2) is 51.7 Å². The molecule has 0 radical (unpaired) electrons. The molecule has 0 aromatic carbocycles. The van der Waals surface area contributed by atoms with E-state index in [0.29, 0.717) is 18.5 Å². The lowest BCUT2D eigenvalue weighted by atomic mass is 10.2. The summed E-state index contributed by atoms with van der Waals surface area (Å²) in [5, 5.41) is 4.55. The van der Waals surface area contributed by atoms with Crippen molar-refractivity contribution in [2.24, 2.45) is 5.92 Å². The molecule has 1 aromatic heterocycles. The number of piperazine rings is 1. The molecule has 5 nitrogen and oxygen atoms in total. The van der Waals surface area contributed by atoms with E-state index in [2.05, 4.69) is 37.7 Å². The maximum Gasteiger partial charge on any atom is 0.236 e. The van der Waals surface area contributed by atoms with Gasteiger partial charge in [-0.3, -0.25) is 14.4 Å². The zero-order valence-electron chi connectivity index (χ0n) is 13.0. The van der Waals surface area contributed by atoms with E-state index in [-0.39, 0.29) is 5.91 Å². The van der Waals surface area contributed by atoms with Gasteiger partial charge in [0.05, 0.1) is 12.2 Å². The zero-order valence-corrected chi connectivity index (χ0v) is 13.0. The van der Waals surface area contributed by atoms with E-state index in [1.165, 1.54) is 0 Å². The fourth-order valence-corrected chi connectivity index (χ4v) is 2.50. The molecule has 112 valence electrons. The van der Waals surface area contributed by atoms with Crippen LogP contribution in [0, 0.1) is 5.92 Å². The standard InChI is InChI=1S/C15H26N4O/c1-12(2)9-18-8-7-17(11-15(18)20)10-14-5-6-19(16-14)13(3)4/h5-6,12-13H,7-11H2,1-4H3. The van der Waals surface area contributed by atoms with E-state index in [1.807, 2.05) is 21.8 Å². The third kappa shape index (κ3) is 3.82. The number of carbonyl (C=O) groups is 1. The van der Waals surface area contributed by atoms with E-state index in [1.54, 1.807) is 0 Å². The number of hydrogen-bond donors (Lipinski definition) is 0. The first-order valence-electron chi connectivity index (χ1n) is 7.50. The molecule has 0 bridgehead atoms. The summed E-state index contributed by atoms with van der Waals surface area (Å²) in [5.41, 5.74) is 1.05. The van der Waals surface area contributed by atoms with Gasteiger partial charge < -0.3 is 4.90 Å². The van der Waals surface area contributed by atoms with Crippen LogP contribution in [0.4, 0.5) is 0 Å². The summed E-state index contributed by atoms with van der Waals surface area (Å²) >= 11 is 0. The molecule has 2 rings (SSSR count). The Morgan fingerprint density at radius 1 is 1.25 bits per heavy atom. The minimum atomic E-state index is 0.244. The van der Waals surface area contributed by atoms with Crippen molar-refractivity contribution in [1.29, 1.82) is 0 Å². The topological polar surface area (TPSA) is 41.4 Å². The molecule has 0 spiro atoms. The van der Waals surface area contributed by atoms with Crippen LogP contribution >= 0.6 is 0 Å². The zero-order chi connectivity index (χ0) is 14.7. The lowest BCUT2D eigenvalue weighted by molar-refractivity contribution is -0.136. The predicted molar refractivity (Wildman–Crippen MR) is 79.3 cm³/mol. The van der Waals surface area contributed by atoms with Gasteiger partial charge >= 0.3 is 0 Å². The van der Waals surface area contributed by atoms with Crippen LogP contribution in [-0.2, 0) is 11.3 Å². The van der Waals surface area contributed by atoms with E-state index < -0.39 is 0 Å². The summed E-state index contributed by atoms with van der Waals surface area (Å²) in [4.78, 5) is 16.3. The first-order valence-corrected chi connectivity index (χ1v) is 7.50. The molecule has 1 aliphatic rings. The maximum atomic E-state index is 12.1.